The van der Waals surface area contributed by atoms with Crippen molar-refractivity contribution in [2.75, 3.05) is 19.1 Å². The largest absolute Gasteiger partial charge is 0.489 e. The van der Waals surface area contributed by atoms with E-state index in [1.54, 1.807) is 18.2 Å². The molecule has 16 heavy (non-hydrogen) atoms. The summed E-state index contributed by atoms with van der Waals surface area (Å²) in [5, 5.41) is 0. The van der Waals surface area contributed by atoms with Crippen molar-refractivity contribution in [2.24, 2.45) is 5.92 Å². The average Bonchev–Trinajstić information content (AvgIpc) is 2.50. The Morgan fingerprint density at radius 2 is 2.06 bits per heavy atom. The molecule has 4 heteroatoms. The van der Waals surface area contributed by atoms with Gasteiger partial charge in [0, 0.05) is 11.5 Å². The molecule has 0 spiro atoms. The number of halogens is 1. The molecule has 1 atom stereocenters. The third-order valence-corrected chi connectivity index (χ3v) is 2.68. The van der Waals surface area contributed by atoms with Gasteiger partial charge in [-0.15, -0.1) is 11.6 Å². The Hall–Kier alpha value is -1.22. The number of Topliss-reactive ketones (excluding diaryl/α,β-unsaturated/α-hetero) is 1. The maximum atomic E-state index is 11.4. The fourth-order valence-electron chi connectivity index (χ4n) is 1.50. The van der Waals surface area contributed by atoms with E-state index in [1.807, 2.05) is 0 Å². The summed E-state index contributed by atoms with van der Waals surface area (Å²) in [6.07, 6.45) is 0. The van der Waals surface area contributed by atoms with Crippen LogP contribution < -0.4 is 9.47 Å². The van der Waals surface area contributed by atoms with Crippen LogP contribution in [-0.2, 0) is 0 Å². The van der Waals surface area contributed by atoms with Crippen molar-refractivity contribution in [2.45, 2.75) is 6.92 Å². The van der Waals surface area contributed by atoms with Gasteiger partial charge >= 0.3 is 0 Å². The predicted molar refractivity (Wildman–Crippen MR) is 61.6 cm³/mol. The lowest BCUT2D eigenvalue weighted by Gasteiger charge is -2.07. The van der Waals surface area contributed by atoms with Gasteiger partial charge in [0.2, 0.25) is 0 Å². The van der Waals surface area contributed by atoms with Crippen LogP contribution in [0.2, 0.25) is 0 Å². The summed E-state index contributed by atoms with van der Waals surface area (Å²) >= 11 is 5.50. The zero-order valence-electron chi connectivity index (χ0n) is 9.03. The molecule has 0 saturated heterocycles. The number of hydrogen-bond acceptors (Lipinski definition) is 3. The summed E-state index contributed by atoms with van der Waals surface area (Å²) in [6.45, 7) is 3.29. The SMILES string of the molecule is CC1COc2ccc(C(=O)CCl)cc2OC1. The molecule has 1 aromatic rings. The topological polar surface area (TPSA) is 35.5 Å². The first-order valence-corrected chi connectivity index (χ1v) is 5.73. The van der Waals surface area contributed by atoms with Gasteiger partial charge in [-0.25, -0.2) is 0 Å². The number of ketones is 1. The number of alkyl halides is 1. The molecule has 1 aliphatic rings. The van der Waals surface area contributed by atoms with Crippen LogP contribution in [-0.4, -0.2) is 24.9 Å². The molecule has 0 saturated carbocycles. The second-order valence-electron chi connectivity index (χ2n) is 3.95. The molecule has 0 bridgehead atoms. The minimum atomic E-state index is -0.106. The lowest BCUT2D eigenvalue weighted by atomic mass is 10.1. The van der Waals surface area contributed by atoms with E-state index < -0.39 is 0 Å². The molecule has 2 rings (SSSR count). The molecule has 0 N–H and O–H groups in total. The van der Waals surface area contributed by atoms with E-state index in [1.165, 1.54) is 0 Å². The summed E-state index contributed by atoms with van der Waals surface area (Å²) in [6, 6.07) is 5.16. The molecule has 0 fully saturated rings. The third-order valence-electron chi connectivity index (χ3n) is 2.43. The highest BCUT2D eigenvalue weighted by molar-refractivity contribution is 6.30. The Morgan fingerprint density at radius 3 is 2.75 bits per heavy atom. The van der Waals surface area contributed by atoms with Gasteiger partial charge in [0.1, 0.15) is 0 Å². The Kier molecular flexibility index (Phi) is 3.34. The number of carbonyl (C=O) groups excluding carboxylic acids is 1. The van der Waals surface area contributed by atoms with Crippen molar-refractivity contribution in [1.29, 1.82) is 0 Å². The summed E-state index contributed by atoms with van der Waals surface area (Å²) in [5.74, 6) is 1.54. The maximum absolute atomic E-state index is 11.4. The Bertz CT molecular complexity index is 403. The van der Waals surface area contributed by atoms with Gasteiger partial charge in [-0.05, 0) is 18.2 Å². The third kappa shape index (κ3) is 2.30. The highest BCUT2D eigenvalue weighted by atomic mass is 35.5. The fourth-order valence-corrected chi connectivity index (χ4v) is 1.66. The zero-order chi connectivity index (χ0) is 11.5. The van der Waals surface area contributed by atoms with Gasteiger partial charge in [0.15, 0.2) is 17.3 Å². The number of benzene rings is 1. The Labute approximate surface area is 99.3 Å². The quantitative estimate of drug-likeness (QED) is 0.589. The van der Waals surface area contributed by atoms with Gasteiger partial charge in [-0.3, -0.25) is 4.79 Å². The van der Waals surface area contributed by atoms with Crippen LogP contribution in [0.1, 0.15) is 17.3 Å². The summed E-state index contributed by atoms with van der Waals surface area (Å²) in [7, 11) is 0. The Balaban J connectivity index is 2.28. The molecular weight excluding hydrogens is 228 g/mol. The fraction of sp³-hybridized carbons (Fsp3) is 0.417. The normalized spacial score (nSPS) is 19.0. The monoisotopic (exact) mass is 240 g/mol. The van der Waals surface area contributed by atoms with Crippen LogP contribution in [0.25, 0.3) is 0 Å². The second-order valence-corrected chi connectivity index (χ2v) is 4.21. The maximum Gasteiger partial charge on any atom is 0.177 e. The van der Waals surface area contributed by atoms with Gasteiger partial charge in [0.25, 0.3) is 0 Å². The molecule has 0 radical (unpaired) electrons. The number of ether oxygens (including phenoxy) is 2. The molecule has 86 valence electrons. The van der Waals surface area contributed by atoms with E-state index in [0.29, 0.717) is 36.2 Å². The first-order valence-electron chi connectivity index (χ1n) is 5.19. The van der Waals surface area contributed by atoms with E-state index in [9.17, 15) is 4.79 Å². The molecule has 0 amide bonds. The summed E-state index contributed by atoms with van der Waals surface area (Å²) in [4.78, 5) is 11.4. The van der Waals surface area contributed by atoms with E-state index in [4.69, 9.17) is 21.1 Å². The van der Waals surface area contributed by atoms with Crippen molar-refractivity contribution < 1.29 is 14.3 Å². The summed E-state index contributed by atoms with van der Waals surface area (Å²) in [5.41, 5.74) is 0.562. The standard InChI is InChI=1S/C12H13ClO3/c1-8-6-15-11-3-2-9(10(14)5-13)4-12(11)16-7-8/h2-4,8H,5-7H2,1H3. The molecule has 1 unspecified atom stereocenters. The lowest BCUT2D eigenvalue weighted by Crippen LogP contribution is -2.12. The predicted octanol–water partition coefficient (Wildman–Crippen LogP) is 2.52. The summed E-state index contributed by atoms with van der Waals surface area (Å²) < 4.78 is 11.1. The minimum absolute atomic E-state index is 0.0178. The van der Waals surface area contributed by atoms with E-state index in [0.717, 1.165) is 0 Å². The van der Waals surface area contributed by atoms with Crippen molar-refractivity contribution in [3.8, 4) is 11.5 Å². The van der Waals surface area contributed by atoms with Crippen molar-refractivity contribution in [3.05, 3.63) is 23.8 Å². The van der Waals surface area contributed by atoms with Crippen LogP contribution in [0.15, 0.2) is 18.2 Å². The van der Waals surface area contributed by atoms with Crippen LogP contribution >= 0.6 is 11.6 Å². The van der Waals surface area contributed by atoms with Gasteiger partial charge in [0.05, 0.1) is 19.1 Å². The van der Waals surface area contributed by atoms with E-state index in [-0.39, 0.29) is 11.7 Å². The smallest absolute Gasteiger partial charge is 0.177 e. The number of carbonyl (C=O) groups is 1. The van der Waals surface area contributed by atoms with Crippen molar-refractivity contribution in [3.63, 3.8) is 0 Å². The highest BCUT2D eigenvalue weighted by Crippen LogP contribution is 2.31. The van der Waals surface area contributed by atoms with Crippen LogP contribution in [0.3, 0.4) is 0 Å². The molecule has 1 aromatic carbocycles. The molecule has 0 aliphatic carbocycles. The van der Waals surface area contributed by atoms with E-state index in [2.05, 4.69) is 6.92 Å². The first kappa shape index (κ1) is 11.3. The lowest BCUT2D eigenvalue weighted by molar-refractivity contribution is 0.102. The Morgan fingerprint density at radius 1 is 1.38 bits per heavy atom. The molecule has 0 aromatic heterocycles. The first-order chi connectivity index (χ1) is 7.70. The number of hydrogen-bond donors (Lipinski definition) is 0. The second kappa shape index (κ2) is 4.74. The molecular formula is C12H13ClO3. The van der Waals surface area contributed by atoms with Crippen LogP contribution in [0.4, 0.5) is 0 Å². The molecule has 3 nitrogen and oxygen atoms in total. The van der Waals surface area contributed by atoms with Gasteiger partial charge in [-0.1, -0.05) is 6.92 Å². The minimum Gasteiger partial charge on any atom is -0.489 e. The number of rotatable bonds is 2. The average molecular weight is 241 g/mol. The van der Waals surface area contributed by atoms with Crippen LogP contribution in [0, 0.1) is 5.92 Å². The number of fused-ring (bicyclic) bond motifs is 1. The van der Waals surface area contributed by atoms with Gasteiger partial charge in [-0.2, -0.15) is 0 Å². The van der Waals surface area contributed by atoms with E-state index >= 15 is 0 Å². The van der Waals surface area contributed by atoms with Gasteiger partial charge < -0.3 is 9.47 Å². The van der Waals surface area contributed by atoms with Crippen molar-refractivity contribution in [1.82, 2.24) is 0 Å². The zero-order valence-corrected chi connectivity index (χ0v) is 9.79. The highest BCUT2D eigenvalue weighted by Gasteiger charge is 2.16. The van der Waals surface area contributed by atoms with Crippen LogP contribution in [0.5, 0.6) is 11.5 Å². The molecule has 1 aliphatic heterocycles. The van der Waals surface area contributed by atoms with Crippen molar-refractivity contribution >= 4 is 17.4 Å². The molecule has 1 heterocycles.